The molecule has 1 N–H and O–H groups in total. The molecular weight excluding hydrogens is 210 g/mol. The highest BCUT2D eigenvalue weighted by molar-refractivity contribution is 5.26. The van der Waals surface area contributed by atoms with Crippen LogP contribution < -0.4 is 10.1 Å². The monoisotopic (exact) mass is 235 g/mol. The normalized spacial score (nSPS) is 10.5. The first-order valence-corrected chi connectivity index (χ1v) is 6.73. The van der Waals surface area contributed by atoms with Crippen LogP contribution in [0, 0.1) is 6.92 Å². The van der Waals surface area contributed by atoms with E-state index in [4.69, 9.17) is 4.74 Å². The molecule has 1 aromatic carbocycles. The van der Waals surface area contributed by atoms with Gasteiger partial charge in [0.15, 0.2) is 0 Å². The minimum atomic E-state index is 0.795. The topological polar surface area (TPSA) is 21.3 Å². The molecule has 2 heteroatoms. The predicted octanol–water partition coefficient (Wildman–Crippen LogP) is 3.54. The van der Waals surface area contributed by atoms with Crippen molar-refractivity contribution < 1.29 is 4.74 Å². The predicted molar refractivity (Wildman–Crippen MR) is 73.7 cm³/mol. The Labute approximate surface area is 105 Å². The zero-order valence-corrected chi connectivity index (χ0v) is 11.2. The van der Waals surface area contributed by atoms with Crippen LogP contribution in [0.5, 0.6) is 5.75 Å². The number of aryl methyl sites for hydroxylation is 1. The van der Waals surface area contributed by atoms with E-state index in [0.29, 0.717) is 0 Å². The van der Waals surface area contributed by atoms with Crippen LogP contribution in [0.1, 0.15) is 38.2 Å². The number of nitrogens with one attached hydrogen (secondary N) is 1. The van der Waals surface area contributed by atoms with Crippen molar-refractivity contribution in [2.45, 2.75) is 39.5 Å². The van der Waals surface area contributed by atoms with Crippen LogP contribution >= 0.6 is 0 Å². The summed E-state index contributed by atoms with van der Waals surface area (Å²) >= 11 is 0. The molecule has 0 saturated heterocycles. The van der Waals surface area contributed by atoms with Crippen molar-refractivity contribution in [3.8, 4) is 5.75 Å². The van der Waals surface area contributed by atoms with Gasteiger partial charge in [-0.25, -0.2) is 0 Å². The average molecular weight is 235 g/mol. The van der Waals surface area contributed by atoms with Gasteiger partial charge in [0.25, 0.3) is 0 Å². The molecular formula is C15H25NO. The average Bonchev–Trinajstić information content (AvgIpc) is 2.35. The lowest BCUT2D eigenvalue weighted by Gasteiger charge is -2.07. The zero-order chi connectivity index (χ0) is 12.3. The maximum atomic E-state index is 5.65. The Kier molecular flexibility index (Phi) is 7.48. The maximum absolute atomic E-state index is 5.65. The van der Waals surface area contributed by atoms with Gasteiger partial charge in [-0.3, -0.25) is 0 Å². The third-order valence-electron chi connectivity index (χ3n) is 2.74. The second-order valence-corrected chi connectivity index (χ2v) is 4.47. The van der Waals surface area contributed by atoms with Crippen molar-refractivity contribution in [3.63, 3.8) is 0 Å². The van der Waals surface area contributed by atoms with E-state index in [0.717, 1.165) is 31.9 Å². The van der Waals surface area contributed by atoms with E-state index in [9.17, 15) is 0 Å². The fourth-order valence-electron chi connectivity index (χ4n) is 1.65. The molecule has 0 aromatic heterocycles. The summed E-state index contributed by atoms with van der Waals surface area (Å²) in [7, 11) is 0. The third-order valence-corrected chi connectivity index (χ3v) is 2.74. The molecule has 0 aliphatic rings. The molecule has 0 aliphatic heterocycles. The highest BCUT2D eigenvalue weighted by Gasteiger charge is 1.93. The molecule has 0 saturated carbocycles. The first kappa shape index (κ1) is 14.0. The van der Waals surface area contributed by atoms with Crippen LogP contribution in [-0.4, -0.2) is 19.7 Å². The number of hydrogen-bond donors (Lipinski definition) is 1. The summed E-state index contributed by atoms with van der Waals surface area (Å²) in [4.78, 5) is 0. The summed E-state index contributed by atoms with van der Waals surface area (Å²) in [5, 5.41) is 3.44. The molecule has 0 aliphatic carbocycles. The molecule has 0 radical (unpaired) electrons. The van der Waals surface area contributed by atoms with Crippen molar-refractivity contribution in [1.29, 1.82) is 0 Å². The molecule has 0 heterocycles. The van der Waals surface area contributed by atoms with Gasteiger partial charge in [0, 0.05) is 0 Å². The largest absolute Gasteiger partial charge is 0.494 e. The Hall–Kier alpha value is -1.02. The molecule has 0 fully saturated rings. The van der Waals surface area contributed by atoms with Crippen LogP contribution in [0.3, 0.4) is 0 Å². The van der Waals surface area contributed by atoms with Gasteiger partial charge >= 0.3 is 0 Å². The summed E-state index contributed by atoms with van der Waals surface area (Å²) in [5.41, 5.74) is 1.27. The third kappa shape index (κ3) is 7.01. The van der Waals surface area contributed by atoms with E-state index in [1.165, 1.54) is 24.8 Å². The lowest BCUT2D eigenvalue weighted by molar-refractivity contribution is 0.308. The van der Waals surface area contributed by atoms with Gasteiger partial charge in [0.1, 0.15) is 5.75 Å². The van der Waals surface area contributed by atoms with Crippen molar-refractivity contribution in [2.24, 2.45) is 0 Å². The van der Waals surface area contributed by atoms with Gasteiger partial charge in [-0.15, -0.1) is 0 Å². The molecule has 0 spiro atoms. The minimum absolute atomic E-state index is 0.795. The summed E-state index contributed by atoms with van der Waals surface area (Å²) in [6.45, 7) is 7.30. The van der Waals surface area contributed by atoms with Gasteiger partial charge in [0.2, 0.25) is 0 Å². The molecule has 0 amide bonds. The Bertz CT molecular complexity index is 281. The summed E-state index contributed by atoms with van der Waals surface area (Å²) < 4.78 is 5.65. The fourth-order valence-corrected chi connectivity index (χ4v) is 1.65. The van der Waals surface area contributed by atoms with Gasteiger partial charge in [0.05, 0.1) is 6.61 Å². The molecule has 0 unspecified atom stereocenters. The molecule has 0 bridgehead atoms. The molecule has 1 rings (SSSR count). The van der Waals surface area contributed by atoms with Gasteiger partial charge in [-0.1, -0.05) is 37.5 Å². The quantitative estimate of drug-likeness (QED) is 0.661. The van der Waals surface area contributed by atoms with E-state index in [2.05, 4.69) is 31.3 Å². The van der Waals surface area contributed by atoms with Crippen molar-refractivity contribution in [3.05, 3.63) is 29.8 Å². The molecule has 17 heavy (non-hydrogen) atoms. The SMILES string of the molecule is CCCCCNCCCOc1ccc(C)cc1. The molecule has 2 nitrogen and oxygen atoms in total. The highest BCUT2D eigenvalue weighted by atomic mass is 16.5. The first-order chi connectivity index (χ1) is 8.33. The van der Waals surface area contributed by atoms with Crippen LogP contribution in [0.15, 0.2) is 24.3 Å². The second-order valence-electron chi connectivity index (χ2n) is 4.47. The number of hydrogen-bond acceptors (Lipinski definition) is 2. The van der Waals surface area contributed by atoms with Crippen LogP contribution in [-0.2, 0) is 0 Å². The van der Waals surface area contributed by atoms with Crippen molar-refractivity contribution in [2.75, 3.05) is 19.7 Å². The van der Waals surface area contributed by atoms with E-state index >= 15 is 0 Å². The second kappa shape index (κ2) is 9.06. The van der Waals surface area contributed by atoms with E-state index in [1.807, 2.05) is 12.1 Å². The van der Waals surface area contributed by atoms with Crippen molar-refractivity contribution in [1.82, 2.24) is 5.32 Å². The highest BCUT2D eigenvalue weighted by Crippen LogP contribution is 2.11. The maximum Gasteiger partial charge on any atom is 0.119 e. The minimum Gasteiger partial charge on any atom is -0.494 e. The van der Waals surface area contributed by atoms with Crippen LogP contribution in [0.4, 0.5) is 0 Å². The van der Waals surface area contributed by atoms with Gasteiger partial charge in [-0.05, 0) is 45.0 Å². The van der Waals surface area contributed by atoms with Crippen LogP contribution in [0.25, 0.3) is 0 Å². The summed E-state index contributed by atoms with van der Waals surface area (Å²) in [6, 6.07) is 8.23. The first-order valence-electron chi connectivity index (χ1n) is 6.73. The zero-order valence-electron chi connectivity index (χ0n) is 11.2. The Balaban J connectivity index is 1.95. The van der Waals surface area contributed by atoms with E-state index < -0.39 is 0 Å². The Morgan fingerprint density at radius 1 is 1.00 bits per heavy atom. The molecule has 96 valence electrons. The Morgan fingerprint density at radius 3 is 2.41 bits per heavy atom. The Morgan fingerprint density at radius 2 is 1.71 bits per heavy atom. The summed E-state index contributed by atoms with van der Waals surface area (Å²) in [5.74, 6) is 0.974. The van der Waals surface area contributed by atoms with Crippen LogP contribution in [0.2, 0.25) is 0 Å². The van der Waals surface area contributed by atoms with Gasteiger partial charge < -0.3 is 10.1 Å². The fraction of sp³-hybridized carbons (Fsp3) is 0.600. The van der Waals surface area contributed by atoms with Crippen molar-refractivity contribution >= 4 is 0 Å². The van der Waals surface area contributed by atoms with Gasteiger partial charge in [-0.2, -0.15) is 0 Å². The number of benzene rings is 1. The van der Waals surface area contributed by atoms with E-state index in [-0.39, 0.29) is 0 Å². The van der Waals surface area contributed by atoms with E-state index in [1.54, 1.807) is 0 Å². The lowest BCUT2D eigenvalue weighted by Crippen LogP contribution is -2.18. The summed E-state index contributed by atoms with van der Waals surface area (Å²) in [6.07, 6.45) is 4.97. The lowest BCUT2D eigenvalue weighted by atomic mass is 10.2. The number of rotatable bonds is 9. The smallest absolute Gasteiger partial charge is 0.119 e. The molecule has 1 aromatic rings. The number of ether oxygens (including phenoxy) is 1. The molecule has 0 atom stereocenters. The number of unbranched alkanes of at least 4 members (excludes halogenated alkanes) is 2. The standard InChI is InChI=1S/C15H25NO/c1-3-4-5-11-16-12-6-13-17-15-9-7-14(2)8-10-15/h7-10,16H,3-6,11-13H2,1-2H3.